The second-order valence-electron chi connectivity index (χ2n) is 3.45. The molecule has 0 saturated heterocycles. The molecule has 0 aliphatic rings. The van der Waals surface area contributed by atoms with Crippen LogP contribution in [0.3, 0.4) is 0 Å². The summed E-state index contributed by atoms with van der Waals surface area (Å²) in [5.74, 6) is 0. The normalized spacial score (nSPS) is 10.2. The molecular weight excluding hydrogens is 258 g/mol. The Labute approximate surface area is 108 Å². The Bertz CT molecular complexity index is 602. The van der Waals surface area contributed by atoms with E-state index in [0.29, 0.717) is 15.6 Å². The highest BCUT2D eigenvalue weighted by Crippen LogP contribution is 2.05. The maximum atomic E-state index is 7.87. The summed E-state index contributed by atoms with van der Waals surface area (Å²) in [5, 5.41) is 8.83. The predicted molar refractivity (Wildman–Crippen MR) is 69.6 cm³/mol. The Balaban J connectivity index is 2.31. The summed E-state index contributed by atoms with van der Waals surface area (Å²) in [5.41, 5.74) is 3.96. The van der Waals surface area contributed by atoms with Gasteiger partial charge in [0.2, 0.25) is 0 Å². The molecule has 2 aromatic heterocycles. The quantitative estimate of drug-likeness (QED) is 0.770. The van der Waals surface area contributed by atoms with E-state index in [9.17, 15) is 0 Å². The van der Waals surface area contributed by atoms with Gasteiger partial charge < -0.3 is 0 Å². The molecule has 0 aliphatic heterocycles. The average Bonchev–Trinajstić information content (AvgIpc) is 2.78. The zero-order chi connectivity index (χ0) is 12.4. The number of nitrogens with zero attached hydrogens (tertiary/aromatic N) is 3. The van der Waals surface area contributed by atoms with Crippen LogP contribution >= 0.6 is 23.8 Å². The van der Waals surface area contributed by atoms with E-state index in [4.69, 9.17) is 29.2 Å². The second kappa shape index (κ2) is 4.68. The average molecular weight is 268 g/mol. The van der Waals surface area contributed by atoms with Crippen LogP contribution < -0.4 is 10.9 Å². The lowest BCUT2D eigenvalue weighted by Crippen LogP contribution is -2.35. The van der Waals surface area contributed by atoms with Crippen molar-refractivity contribution in [2.24, 2.45) is 0 Å². The summed E-state index contributed by atoms with van der Waals surface area (Å²) in [7, 11) is 0. The van der Waals surface area contributed by atoms with Gasteiger partial charge >= 0.3 is 0 Å². The third-order valence-corrected chi connectivity index (χ3v) is 2.69. The molecule has 0 aliphatic carbocycles. The molecule has 2 heterocycles. The molecule has 7 heteroatoms. The summed E-state index contributed by atoms with van der Waals surface area (Å²) in [6, 6.07) is 1.72. The van der Waals surface area contributed by atoms with Gasteiger partial charge in [-0.3, -0.25) is 15.4 Å². The van der Waals surface area contributed by atoms with Crippen molar-refractivity contribution in [1.29, 1.82) is 5.41 Å². The highest BCUT2D eigenvalue weighted by molar-refractivity contribution is 7.80. The van der Waals surface area contributed by atoms with E-state index in [1.807, 2.05) is 6.92 Å². The molecule has 0 aromatic carbocycles. The molecule has 2 N–H and O–H groups in total. The van der Waals surface area contributed by atoms with E-state index in [0.717, 1.165) is 5.56 Å². The summed E-state index contributed by atoms with van der Waals surface area (Å²) in [6.07, 6.45) is 6.53. The van der Waals surface area contributed by atoms with Crippen molar-refractivity contribution in [3.8, 4) is 0 Å². The zero-order valence-corrected chi connectivity index (χ0v) is 10.6. The number of hydrogen-bond acceptors (Lipinski definition) is 3. The van der Waals surface area contributed by atoms with Gasteiger partial charge in [0.05, 0.1) is 5.02 Å². The Hall–Kier alpha value is -1.66. The molecule has 0 fully saturated rings. The van der Waals surface area contributed by atoms with Crippen LogP contribution in [0.4, 0.5) is 0 Å². The molecular formula is C10H10ClN5S. The number of thiocarbonyl (C=S) groups is 1. The van der Waals surface area contributed by atoms with E-state index >= 15 is 0 Å². The molecule has 0 radical (unpaired) electrons. The zero-order valence-electron chi connectivity index (χ0n) is 9.01. The molecule has 0 bridgehead atoms. The third kappa shape index (κ3) is 2.54. The van der Waals surface area contributed by atoms with Gasteiger partial charge in [-0.05, 0) is 30.8 Å². The summed E-state index contributed by atoms with van der Waals surface area (Å²) in [4.78, 5) is 3.90. The maximum absolute atomic E-state index is 7.87. The van der Waals surface area contributed by atoms with Crippen LogP contribution in [0.1, 0.15) is 5.56 Å². The largest absolute Gasteiger partial charge is 0.283 e. The lowest BCUT2D eigenvalue weighted by atomic mass is 10.3. The number of hydrogen-bond donors (Lipinski definition) is 2. The fourth-order valence-corrected chi connectivity index (χ4v) is 1.79. The predicted octanol–water partition coefficient (Wildman–Crippen LogP) is 1.50. The van der Waals surface area contributed by atoms with E-state index in [2.05, 4.69) is 10.4 Å². The molecule has 88 valence electrons. The van der Waals surface area contributed by atoms with Crippen LogP contribution in [0.25, 0.3) is 0 Å². The van der Waals surface area contributed by atoms with Gasteiger partial charge in [0, 0.05) is 18.6 Å². The Morgan fingerprint density at radius 1 is 1.59 bits per heavy atom. The minimum atomic E-state index is 0.303. The summed E-state index contributed by atoms with van der Waals surface area (Å²) >= 11 is 11.1. The van der Waals surface area contributed by atoms with Crippen molar-refractivity contribution in [2.45, 2.75) is 6.92 Å². The van der Waals surface area contributed by atoms with Crippen molar-refractivity contribution in [3.05, 3.63) is 47.1 Å². The van der Waals surface area contributed by atoms with E-state index in [-0.39, 0.29) is 0 Å². The highest BCUT2D eigenvalue weighted by atomic mass is 35.5. The van der Waals surface area contributed by atoms with Gasteiger partial charge in [0.15, 0.2) is 5.11 Å². The number of aryl methyl sites for hydroxylation is 1. The number of rotatable bonds is 1. The molecule has 0 unspecified atom stereocenters. The van der Waals surface area contributed by atoms with Crippen molar-refractivity contribution < 1.29 is 0 Å². The van der Waals surface area contributed by atoms with Crippen LogP contribution in [0.5, 0.6) is 0 Å². The first-order valence-corrected chi connectivity index (χ1v) is 5.59. The fourth-order valence-electron chi connectivity index (χ4n) is 1.32. The smallest absolute Gasteiger partial charge is 0.197 e. The van der Waals surface area contributed by atoms with Crippen LogP contribution in [-0.2, 0) is 0 Å². The Kier molecular flexibility index (Phi) is 3.26. The van der Waals surface area contributed by atoms with E-state index in [1.54, 1.807) is 35.6 Å². The van der Waals surface area contributed by atoms with Crippen LogP contribution in [0, 0.1) is 12.3 Å². The monoisotopic (exact) mass is 267 g/mol. The van der Waals surface area contributed by atoms with Gasteiger partial charge in [-0.2, -0.15) is 0 Å². The van der Waals surface area contributed by atoms with Crippen molar-refractivity contribution in [3.63, 3.8) is 0 Å². The first kappa shape index (κ1) is 11.8. The van der Waals surface area contributed by atoms with Gasteiger partial charge in [-0.15, -0.1) is 0 Å². The molecule has 5 nitrogen and oxygen atoms in total. The first-order chi connectivity index (χ1) is 8.08. The standard InChI is InChI=1S/C10H10ClN5S/c1-7-4-8(11)5-16(9(7)12)14-10(17)15-3-2-13-6-15/h2-6,12H,1H3,(H,14,17). The molecule has 17 heavy (non-hydrogen) atoms. The van der Waals surface area contributed by atoms with E-state index in [1.165, 1.54) is 4.68 Å². The topological polar surface area (TPSA) is 58.6 Å². The maximum Gasteiger partial charge on any atom is 0.197 e. The van der Waals surface area contributed by atoms with E-state index < -0.39 is 0 Å². The highest BCUT2D eigenvalue weighted by Gasteiger charge is 2.02. The minimum Gasteiger partial charge on any atom is -0.283 e. The van der Waals surface area contributed by atoms with Crippen molar-refractivity contribution >= 4 is 28.9 Å². The summed E-state index contributed by atoms with van der Waals surface area (Å²) in [6.45, 7) is 1.81. The number of aromatic nitrogens is 3. The van der Waals surface area contributed by atoms with Crippen molar-refractivity contribution in [1.82, 2.24) is 14.2 Å². The molecule has 0 saturated carbocycles. The number of halogens is 1. The SMILES string of the molecule is Cc1cc(Cl)cn(NC(=S)n2ccnc2)c1=N. The lowest BCUT2D eigenvalue weighted by Gasteiger charge is -2.13. The van der Waals surface area contributed by atoms with Crippen LogP contribution in [0.2, 0.25) is 5.02 Å². The summed E-state index contributed by atoms with van der Waals surface area (Å²) < 4.78 is 3.11. The molecule has 2 aromatic rings. The number of imidazole rings is 1. The van der Waals surface area contributed by atoms with Crippen molar-refractivity contribution in [2.75, 3.05) is 5.43 Å². The molecule has 2 rings (SSSR count). The Morgan fingerprint density at radius 3 is 3.00 bits per heavy atom. The van der Waals surface area contributed by atoms with Gasteiger partial charge in [0.25, 0.3) is 0 Å². The number of nitrogens with one attached hydrogen (secondary N) is 2. The van der Waals surface area contributed by atoms with Crippen LogP contribution in [0.15, 0.2) is 31.0 Å². The minimum absolute atomic E-state index is 0.303. The molecule has 0 spiro atoms. The fraction of sp³-hybridized carbons (Fsp3) is 0.100. The second-order valence-corrected chi connectivity index (χ2v) is 4.27. The van der Waals surface area contributed by atoms with Gasteiger partial charge in [-0.1, -0.05) is 11.6 Å². The van der Waals surface area contributed by atoms with Crippen LogP contribution in [-0.4, -0.2) is 19.3 Å². The lowest BCUT2D eigenvalue weighted by molar-refractivity contribution is 0.840. The molecule has 0 amide bonds. The number of pyridine rings is 1. The third-order valence-electron chi connectivity index (χ3n) is 2.18. The van der Waals surface area contributed by atoms with Gasteiger partial charge in [-0.25, -0.2) is 9.66 Å². The Morgan fingerprint density at radius 2 is 2.35 bits per heavy atom. The molecule has 0 atom stereocenters. The first-order valence-electron chi connectivity index (χ1n) is 4.80. The van der Waals surface area contributed by atoms with Gasteiger partial charge in [0.1, 0.15) is 11.8 Å².